The number of benzene rings is 1. The Morgan fingerprint density at radius 3 is 2.78 bits per heavy atom. The number of amides is 1. The van der Waals surface area contributed by atoms with Crippen molar-refractivity contribution in [3.63, 3.8) is 0 Å². The van der Waals surface area contributed by atoms with Crippen molar-refractivity contribution in [3.05, 3.63) is 24.3 Å². The van der Waals surface area contributed by atoms with Crippen LogP contribution in [-0.2, 0) is 14.8 Å². The molecule has 1 N–H and O–H groups in total. The second-order valence-corrected chi connectivity index (χ2v) is 7.80. The minimum Gasteiger partial charge on any atom is -0.478 e. The molecule has 0 bridgehead atoms. The number of carbonyl (C=O) groups is 1. The van der Waals surface area contributed by atoms with E-state index in [0.717, 1.165) is 19.1 Å². The summed E-state index contributed by atoms with van der Waals surface area (Å²) in [5, 5.41) is 2.93. The predicted molar refractivity (Wildman–Crippen MR) is 90.2 cm³/mol. The van der Waals surface area contributed by atoms with Crippen LogP contribution < -0.4 is 14.4 Å². The summed E-state index contributed by atoms with van der Waals surface area (Å²) in [6.45, 7) is 4.23. The van der Waals surface area contributed by atoms with Crippen molar-refractivity contribution in [2.75, 3.05) is 17.1 Å². The normalized spacial score (nSPS) is 19.3. The lowest BCUT2D eigenvalue weighted by Crippen LogP contribution is -2.43. The minimum absolute atomic E-state index is 0.0700. The van der Waals surface area contributed by atoms with Crippen LogP contribution >= 0.6 is 0 Å². The zero-order valence-electron chi connectivity index (χ0n) is 13.8. The second-order valence-electron chi connectivity index (χ2n) is 5.90. The molecule has 128 valence electrons. The van der Waals surface area contributed by atoms with Crippen LogP contribution in [0.2, 0.25) is 0 Å². The largest absolute Gasteiger partial charge is 0.478 e. The third kappa shape index (κ3) is 4.37. The lowest BCUT2D eigenvalue weighted by atomic mass is 10.1. The molecule has 0 spiro atoms. The Labute approximate surface area is 137 Å². The highest BCUT2D eigenvalue weighted by molar-refractivity contribution is 7.92. The third-order valence-corrected chi connectivity index (χ3v) is 4.98. The Hall–Kier alpha value is -1.76. The van der Waals surface area contributed by atoms with Gasteiger partial charge in [0.05, 0.1) is 11.9 Å². The summed E-state index contributed by atoms with van der Waals surface area (Å²) >= 11 is 0. The molecule has 6 nitrogen and oxygen atoms in total. The van der Waals surface area contributed by atoms with E-state index >= 15 is 0 Å². The molecule has 0 saturated carbocycles. The molecule has 0 fully saturated rings. The van der Waals surface area contributed by atoms with E-state index in [9.17, 15) is 13.2 Å². The Kier molecular flexibility index (Phi) is 5.51. The average Bonchev–Trinajstić information content (AvgIpc) is 2.66. The molecule has 2 rings (SSSR count). The third-order valence-electron chi connectivity index (χ3n) is 3.80. The lowest BCUT2D eigenvalue weighted by Gasteiger charge is -2.20. The molecule has 1 aliphatic rings. The quantitative estimate of drug-likeness (QED) is 0.888. The van der Waals surface area contributed by atoms with Gasteiger partial charge in [0, 0.05) is 19.0 Å². The summed E-state index contributed by atoms with van der Waals surface area (Å²) in [5.74, 6) is 0.217. The maximum atomic E-state index is 12.4. The van der Waals surface area contributed by atoms with Gasteiger partial charge in [-0.3, -0.25) is 9.10 Å². The molecular formula is C16H24N2O4S. The molecule has 0 saturated heterocycles. The molecule has 23 heavy (non-hydrogen) atoms. The number of hydrogen-bond acceptors (Lipinski definition) is 4. The summed E-state index contributed by atoms with van der Waals surface area (Å²) in [5.41, 5.74) is 0.479. The maximum absolute atomic E-state index is 12.4. The fourth-order valence-corrected chi connectivity index (χ4v) is 3.65. The number of sulfonamides is 1. The highest BCUT2D eigenvalue weighted by Gasteiger charge is 2.31. The van der Waals surface area contributed by atoms with E-state index in [0.29, 0.717) is 17.9 Å². The van der Waals surface area contributed by atoms with Crippen molar-refractivity contribution < 1.29 is 17.9 Å². The molecule has 1 aliphatic heterocycles. The molecule has 2 atom stereocenters. The Balaban J connectivity index is 2.22. The lowest BCUT2D eigenvalue weighted by molar-refractivity contribution is -0.128. The van der Waals surface area contributed by atoms with Gasteiger partial charge in [0.25, 0.3) is 5.91 Å². The number of rotatable bonds is 5. The van der Waals surface area contributed by atoms with Crippen LogP contribution in [0, 0.1) is 0 Å². The van der Waals surface area contributed by atoms with Crippen molar-refractivity contribution in [2.45, 2.75) is 45.3 Å². The number of carbonyl (C=O) groups excluding carboxylic acids is 1. The van der Waals surface area contributed by atoms with E-state index in [1.165, 1.54) is 4.31 Å². The van der Waals surface area contributed by atoms with Gasteiger partial charge in [-0.2, -0.15) is 0 Å². The first-order valence-electron chi connectivity index (χ1n) is 7.86. The number of nitrogens with one attached hydrogen (secondary N) is 1. The van der Waals surface area contributed by atoms with E-state index in [2.05, 4.69) is 12.2 Å². The van der Waals surface area contributed by atoms with Crippen molar-refractivity contribution in [1.82, 2.24) is 5.32 Å². The highest BCUT2D eigenvalue weighted by atomic mass is 32.2. The van der Waals surface area contributed by atoms with Gasteiger partial charge in [0.1, 0.15) is 5.75 Å². The van der Waals surface area contributed by atoms with E-state index in [1.54, 1.807) is 24.3 Å². The van der Waals surface area contributed by atoms with Gasteiger partial charge in [-0.05, 0) is 25.5 Å². The van der Waals surface area contributed by atoms with Crippen LogP contribution in [0.15, 0.2) is 24.3 Å². The maximum Gasteiger partial charge on any atom is 0.261 e. The summed E-state index contributed by atoms with van der Waals surface area (Å²) in [7, 11) is -3.42. The molecule has 1 aromatic rings. The van der Waals surface area contributed by atoms with Crippen molar-refractivity contribution in [1.29, 1.82) is 0 Å². The summed E-state index contributed by atoms with van der Waals surface area (Å²) < 4.78 is 31.1. The first-order valence-corrected chi connectivity index (χ1v) is 9.71. The Bertz CT molecular complexity index is 660. The predicted octanol–water partition coefficient (Wildman–Crippen LogP) is 1.91. The van der Waals surface area contributed by atoms with Crippen molar-refractivity contribution in [3.8, 4) is 5.75 Å². The fourth-order valence-electron chi connectivity index (χ4n) is 2.70. The van der Waals surface area contributed by atoms with Gasteiger partial charge in [0.15, 0.2) is 6.10 Å². The molecule has 0 aliphatic carbocycles. The monoisotopic (exact) mass is 340 g/mol. The first kappa shape index (κ1) is 17.6. The molecule has 0 aromatic heterocycles. The number of ether oxygens (including phenoxy) is 1. The van der Waals surface area contributed by atoms with E-state index < -0.39 is 16.1 Å². The minimum atomic E-state index is -3.42. The molecule has 1 amide bonds. The molecule has 0 radical (unpaired) electrons. The zero-order chi connectivity index (χ0) is 17.0. The van der Waals surface area contributed by atoms with Gasteiger partial charge in [-0.1, -0.05) is 25.5 Å². The van der Waals surface area contributed by atoms with E-state index in [4.69, 9.17) is 4.74 Å². The van der Waals surface area contributed by atoms with Crippen molar-refractivity contribution >= 4 is 21.6 Å². The summed E-state index contributed by atoms with van der Waals surface area (Å²) in [6, 6.07) is 6.97. The topological polar surface area (TPSA) is 75.7 Å². The number of anilines is 1. The Morgan fingerprint density at radius 1 is 1.43 bits per heavy atom. The molecule has 7 heteroatoms. The Morgan fingerprint density at radius 2 is 2.13 bits per heavy atom. The number of para-hydroxylation sites is 2. The van der Waals surface area contributed by atoms with Crippen LogP contribution in [0.5, 0.6) is 5.75 Å². The molecule has 1 heterocycles. The average molecular weight is 340 g/mol. The SMILES string of the molecule is CCCC(C)NC(=O)C1CCN(S(C)(=O)=O)c2ccccc2O1. The number of fused-ring (bicyclic) bond motifs is 1. The smallest absolute Gasteiger partial charge is 0.261 e. The molecule has 2 unspecified atom stereocenters. The second kappa shape index (κ2) is 7.21. The number of hydrogen-bond donors (Lipinski definition) is 1. The summed E-state index contributed by atoms with van der Waals surface area (Å²) in [4.78, 5) is 12.4. The molecule has 1 aromatic carbocycles. The van der Waals surface area contributed by atoms with Gasteiger partial charge in [-0.15, -0.1) is 0 Å². The van der Waals surface area contributed by atoms with Crippen LogP contribution in [0.1, 0.15) is 33.1 Å². The summed E-state index contributed by atoms with van der Waals surface area (Å²) in [6.07, 6.45) is 2.66. The van der Waals surface area contributed by atoms with Gasteiger partial charge >= 0.3 is 0 Å². The number of nitrogens with zero attached hydrogens (tertiary/aromatic N) is 1. The zero-order valence-corrected chi connectivity index (χ0v) is 14.6. The first-order chi connectivity index (χ1) is 10.8. The van der Waals surface area contributed by atoms with Gasteiger partial charge in [0.2, 0.25) is 10.0 Å². The van der Waals surface area contributed by atoms with Crippen LogP contribution in [0.25, 0.3) is 0 Å². The van der Waals surface area contributed by atoms with Gasteiger partial charge in [-0.25, -0.2) is 8.42 Å². The van der Waals surface area contributed by atoms with Crippen LogP contribution in [0.3, 0.4) is 0 Å². The van der Waals surface area contributed by atoms with E-state index in [-0.39, 0.29) is 18.5 Å². The standard InChI is InChI=1S/C16H24N2O4S/c1-4-7-12(2)17-16(19)15-10-11-18(23(3,20)21)13-8-5-6-9-14(13)22-15/h5-6,8-9,12,15H,4,7,10-11H2,1-3H3,(H,17,19). The fraction of sp³-hybridized carbons (Fsp3) is 0.562. The van der Waals surface area contributed by atoms with E-state index in [1.807, 2.05) is 6.92 Å². The van der Waals surface area contributed by atoms with Crippen molar-refractivity contribution in [2.24, 2.45) is 0 Å². The van der Waals surface area contributed by atoms with Crippen LogP contribution in [0.4, 0.5) is 5.69 Å². The highest BCUT2D eigenvalue weighted by Crippen LogP contribution is 2.33. The van der Waals surface area contributed by atoms with Gasteiger partial charge < -0.3 is 10.1 Å². The van der Waals surface area contributed by atoms with Crippen LogP contribution in [-0.4, -0.2) is 39.3 Å². The molecular weight excluding hydrogens is 316 g/mol.